The van der Waals surface area contributed by atoms with Crippen LogP contribution in [0.4, 0.5) is 11.4 Å². The van der Waals surface area contributed by atoms with E-state index in [2.05, 4.69) is 27.3 Å². The molecule has 0 spiro atoms. The van der Waals surface area contributed by atoms with Gasteiger partial charge in [0.25, 0.3) is 11.8 Å². The van der Waals surface area contributed by atoms with E-state index in [1.807, 2.05) is 76.7 Å². The van der Waals surface area contributed by atoms with E-state index in [1.54, 1.807) is 99.7 Å². The summed E-state index contributed by atoms with van der Waals surface area (Å²) in [4.78, 5) is 70.8. The molecule has 1 saturated heterocycles. The molecule has 1 fully saturated rings. The van der Waals surface area contributed by atoms with Crippen LogP contribution in [-0.4, -0.2) is 303 Å². The molecule has 14 rings (SSSR count). The van der Waals surface area contributed by atoms with Gasteiger partial charge in [-0.1, -0.05) is 83.6 Å². The Hall–Kier alpha value is -11.5. The number of quaternary nitrogens is 1. The highest BCUT2D eigenvalue weighted by Gasteiger charge is 2.46. The van der Waals surface area contributed by atoms with Crippen LogP contribution in [0.25, 0.3) is 0 Å². The maximum Gasteiger partial charge on any atom is 0.501 e. The predicted molar refractivity (Wildman–Crippen MR) is 501 cm³/mol. The number of amides is 2. The van der Waals surface area contributed by atoms with E-state index in [1.165, 1.54) is 49.6 Å². The molecular weight excluding hydrogens is 1810 g/mol. The normalized spacial score (nSPS) is 17.9. The zero-order valence-corrected chi connectivity index (χ0v) is 79.2. The molecular formula is C99H118N9O27S2+. The number of aliphatic hydroxyl groups is 4. The van der Waals surface area contributed by atoms with Crippen molar-refractivity contribution >= 4 is 67.4 Å². The molecule has 6 heterocycles. The van der Waals surface area contributed by atoms with Gasteiger partial charge in [-0.15, -0.1) is 13.5 Å². The highest BCUT2D eigenvalue weighted by Crippen LogP contribution is 2.43. The lowest BCUT2D eigenvalue weighted by atomic mass is 9.94. The van der Waals surface area contributed by atoms with Gasteiger partial charge in [0.1, 0.15) is 49.1 Å². The third kappa shape index (κ3) is 28.2. The third-order valence-corrected chi connectivity index (χ3v) is 26.2. The molecule has 0 radical (unpaired) electrons. The van der Waals surface area contributed by atoms with Crippen molar-refractivity contribution in [1.29, 1.82) is 0 Å². The van der Waals surface area contributed by atoms with Crippen molar-refractivity contribution in [3.05, 3.63) is 236 Å². The number of hydrogen-bond acceptors (Lipinski definition) is 32. The Morgan fingerprint density at radius 3 is 1.76 bits per heavy atom. The number of carbonyl (C=O) groups is 4. The van der Waals surface area contributed by atoms with Crippen molar-refractivity contribution in [1.82, 2.24) is 29.7 Å². The second-order valence-corrected chi connectivity index (χ2v) is 37.9. The summed E-state index contributed by atoms with van der Waals surface area (Å²) < 4.78 is 145. The molecule has 732 valence electrons. The third-order valence-electron chi connectivity index (χ3n) is 23.6. The number of rotatable bonds is 52. The summed E-state index contributed by atoms with van der Waals surface area (Å²) in [7, 11) is 0.187. The summed E-state index contributed by atoms with van der Waals surface area (Å²) in [6.45, 7) is 8.22. The molecule has 5 aliphatic heterocycles. The summed E-state index contributed by atoms with van der Waals surface area (Å²) in [5.41, 5.74) is 9.95. The lowest BCUT2D eigenvalue weighted by Gasteiger charge is -2.39. The Balaban J connectivity index is 0.512. The van der Waals surface area contributed by atoms with E-state index >= 15 is 0 Å². The summed E-state index contributed by atoms with van der Waals surface area (Å²) in [6, 6.07) is 43.9. The highest BCUT2D eigenvalue weighted by molar-refractivity contribution is 7.91. The quantitative estimate of drug-likeness (QED) is 0.0157. The van der Waals surface area contributed by atoms with Gasteiger partial charge in [0.15, 0.2) is 55.9 Å². The van der Waals surface area contributed by atoms with Crippen molar-refractivity contribution in [3.8, 4) is 40.2 Å². The maximum atomic E-state index is 14.6. The first kappa shape index (κ1) is 101. The number of carbonyl (C=O) groups excluding carboxylic acids is 4. The van der Waals surface area contributed by atoms with Crippen LogP contribution in [0.5, 0.6) is 40.2 Å². The molecule has 2 amide bonds. The van der Waals surface area contributed by atoms with Crippen LogP contribution >= 0.6 is 0 Å². The van der Waals surface area contributed by atoms with Crippen molar-refractivity contribution in [3.63, 3.8) is 0 Å². The minimum atomic E-state index is -5.28. The number of methoxy groups -OCH3 is 2. The van der Waals surface area contributed by atoms with Gasteiger partial charge < -0.3 is 105 Å². The maximum absolute atomic E-state index is 14.6. The largest absolute Gasteiger partial charge is 0.501 e. The van der Waals surface area contributed by atoms with Crippen LogP contribution in [0.1, 0.15) is 111 Å². The molecule has 137 heavy (non-hydrogen) atoms. The Morgan fingerprint density at radius 1 is 0.533 bits per heavy atom. The Bertz CT molecular complexity index is 5920. The molecule has 38 heteroatoms. The van der Waals surface area contributed by atoms with Gasteiger partial charge in [-0.05, 0) is 138 Å². The number of ketones is 2. The molecule has 5 aliphatic rings. The van der Waals surface area contributed by atoms with E-state index in [-0.39, 0.29) is 135 Å². The number of aliphatic imine (C=N–C) groups is 2. The monoisotopic (exact) mass is 1930 g/mol. The van der Waals surface area contributed by atoms with E-state index < -0.39 is 74.8 Å². The molecule has 4 N–H and O–H groups in total. The first-order valence-corrected chi connectivity index (χ1v) is 48.4. The summed E-state index contributed by atoms with van der Waals surface area (Å²) >= 11 is 0. The summed E-state index contributed by atoms with van der Waals surface area (Å²) in [5.74, 6) is -1.70. The fourth-order valence-electron chi connectivity index (χ4n) is 16.0. The van der Waals surface area contributed by atoms with Gasteiger partial charge in [0.05, 0.1) is 187 Å². The standard InChI is InChI=1S/C99H118N9O27S2/c1-66-17-24-81(25-18-66)136(117,118)45-27-86(111)69-19-21-70(22-20-69)97(115)104(28-31-108(2,3)4)29-33-124-36-39-127-41-42-128-43-44-129-65-77-61-106(103-102-77)30-34-125-37-40-126-38-35-123-32-11-16-85(110)73-23-26-87(132-99-96(114)95(113)94(112)93(62-109)133-99)92(51-73)135-137(119,120)134-80-47-67(63-130-90-54-83-76(52-88(90)121-5)59-105-58-74-14-9-7-12-71(74)49-78(105)56-100-83)46-68(48-80)64-131-91-55-84-82(53-89(91)122-6)98(116)107-60-75-15-10-8-13-72(75)50-79(107)57-101-84/h7-10,12-15,17-26,46-48,51-57,61,78-79,93-96,99,109,112-114H,11,16,27-45,49-50,58-60,62-65H2,1-6H3/q+1/t78?,79?,93-,94+,95+,96-,99?/m1/s1. The number of hydrogen-bond donors (Lipinski definition) is 4. The van der Waals surface area contributed by atoms with Crippen LogP contribution in [0.3, 0.4) is 0 Å². The zero-order valence-electron chi connectivity index (χ0n) is 77.5. The average molecular weight is 1930 g/mol. The SMILES string of the molecule is COc1cc2c(cc1OCc1cc(COc3cc4c(cc3OC)C(=O)N3Cc5ccccc5CC3C=N4)cc(OS(=O)(=O)Oc3cc(C(=O)CCCOCCOCCOCCn4cc(COCCOCCOCCOCCN(CC[N+](C)(C)C)C(=O)c5ccc(C(=O)CCS(=O)(=O)c6ccc(C)cc6)cc5)nn4)ccc3OC3O[C@H](CO)[C@H](O)[C@H](O)[C@H]3O)c1)N=CC1Cc3ccccc3CN1C2. The predicted octanol–water partition coefficient (Wildman–Crippen LogP) is 8.74. The zero-order chi connectivity index (χ0) is 96.6. The van der Waals surface area contributed by atoms with E-state index in [0.717, 1.165) is 41.3 Å². The number of nitrogens with zero attached hydrogens (tertiary/aromatic N) is 9. The molecule has 8 aromatic carbocycles. The van der Waals surface area contributed by atoms with Crippen molar-refractivity contribution < 1.29 is 131 Å². The minimum absolute atomic E-state index is 0.0344. The topological polar surface area (TPSA) is 421 Å². The van der Waals surface area contributed by atoms with Gasteiger partial charge in [-0.3, -0.25) is 34.1 Å². The lowest BCUT2D eigenvalue weighted by Crippen LogP contribution is -2.60. The van der Waals surface area contributed by atoms with Crippen LogP contribution in [-0.2, 0) is 117 Å². The van der Waals surface area contributed by atoms with Gasteiger partial charge in [0.2, 0.25) is 6.29 Å². The van der Waals surface area contributed by atoms with Crippen LogP contribution in [0, 0.1) is 6.92 Å². The first-order chi connectivity index (χ1) is 66.1. The average Bonchev–Trinajstić information content (AvgIpc) is 1.64. The second-order valence-electron chi connectivity index (χ2n) is 34.7. The summed E-state index contributed by atoms with van der Waals surface area (Å²) in [6.07, 6.45) is -1.99. The number of sulfone groups is 1. The number of likely N-dealkylation sites (N-methyl/N-ethyl adjacent to an activating group) is 1. The fraction of sp³-hybridized carbons (Fsp3) is 0.434. The van der Waals surface area contributed by atoms with Crippen molar-refractivity contribution in [2.24, 2.45) is 9.98 Å². The number of benzene rings is 8. The van der Waals surface area contributed by atoms with E-state index in [0.29, 0.717) is 159 Å². The molecule has 3 unspecified atom stereocenters. The second kappa shape index (κ2) is 48.2. The Labute approximate surface area is 796 Å². The van der Waals surface area contributed by atoms with Gasteiger partial charge >= 0.3 is 10.4 Å². The van der Waals surface area contributed by atoms with Crippen LogP contribution < -0.4 is 32.1 Å². The number of Topliss-reactive ketones (excluding diaryl/α,β-unsaturated/α-hetero) is 2. The number of aliphatic hydroxyl groups excluding tert-OH is 4. The molecule has 7 atom stereocenters. The fourth-order valence-corrected chi connectivity index (χ4v) is 18.0. The molecule has 0 aliphatic carbocycles. The minimum Gasteiger partial charge on any atom is -0.493 e. The van der Waals surface area contributed by atoms with Gasteiger partial charge in [-0.2, -0.15) is 0 Å². The Morgan fingerprint density at radius 2 is 1.10 bits per heavy atom. The molecule has 36 nitrogen and oxygen atoms in total. The molecule has 0 bridgehead atoms. The molecule has 9 aromatic rings. The Kier molecular flexibility index (Phi) is 35.6. The highest BCUT2D eigenvalue weighted by atomic mass is 32.3. The number of fused-ring (bicyclic) bond motifs is 6. The van der Waals surface area contributed by atoms with E-state index in [9.17, 15) is 56.4 Å². The van der Waals surface area contributed by atoms with Crippen molar-refractivity contribution in [2.45, 2.75) is 133 Å². The van der Waals surface area contributed by atoms with Gasteiger partial charge in [-0.25, -0.2) is 13.1 Å². The lowest BCUT2D eigenvalue weighted by molar-refractivity contribution is -0.869. The van der Waals surface area contributed by atoms with E-state index in [4.69, 9.17) is 79.9 Å². The smallest absolute Gasteiger partial charge is 0.493 e. The van der Waals surface area contributed by atoms with Gasteiger partial charge in [0, 0.05) is 92.9 Å². The number of ether oxygens (including phenoxy) is 13. The molecule has 0 saturated carbocycles. The number of aromatic nitrogens is 3. The molecule has 1 aromatic heterocycles. The van der Waals surface area contributed by atoms with Crippen LogP contribution in [0.15, 0.2) is 179 Å². The summed E-state index contributed by atoms with van der Waals surface area (Å²) in [5, 5.41) is 50.7. The van der Waals surface area contributed by atoms with Crippen LogP contribution in [0.2, 0.25) is 0 Å². The van der Waals surface area contributed by atoms with Crippen molar-refractivity contribution in [2.75, 3.05) is 153 Å². The number of aryl methyl sites for hydroxylation is 1. The first-order valence-electron chi connectivity index (χ1n) is 45.5.